The highest BCUT2D eigenvalue weighted by molar-refractivity contribution is 6.77. The zero-order chi connectivity index (χ0) is 13.5. The van der Waals surface area contributed by atoms with Crippen LogP contribution in [0.4, 0.5) is 0 Å². The molecule has 0 fully saturated rings. The second-order valence-electron chi connectivity index (χ2n) is 5.53. The van der Waals surface area contributed by atoms with Crippen LogP contribution in [0.15, 0.2) is 12.7 Å². The quantitative estimate of drug-likeness (QED) is 0.276. The lowest BCUT2D eigenvalue weighted by Crippen LogP contribution is -2.46. The van der Waals surface area contributed by atoms with Crippen molar-refractivity contribution in [2.75, 3.05) is 0 Å². The first-order chi connectivity index (χ1) is 7.89. The molecule has 0 saturated carbocycles. The molecule has 0 aromatic carbocycles. The smallest absolute Gasteiger partial charge is 0.272 e. The minimum Gasteiger partial charge on any atom is -0.500 e. The zero-order valence-corrected chi connectivity index (χ0v) is 13.3. The molecule has 0 saturated heterocycles. The fourth-order valence-corrected chi connectivity index (χ4v) is 7.66. The van der Waals surface area contributed by atoms with Crippen LogP contribution in [-0.2, 0) is 4.43 Å². The van der Waals surface area contributed by atoms with Crippen molar-refractivity contribution in [2.45, 2.75) is 71.0 Å². The number of hydrogen-bond donors (Lipinski definition) is 0. The molecule has 0 bridgehead atoms. The largest absolute Gasteiger partial charge is 0.500 e. The molecular weight excluding hydrogens is 224 g/mol. The highest BCUT2D eigenvalue weighted by Gasteiger charge is 2.46. The Morgan fingerprint density at radius 2 is 1.53 bits per heavy atom. The third kappa shape index (κ3) is 4.24. The lowest BCUT2D eigenvalue weighted by molar-refractivity contribution is 0.446. The van der Waals surface area contributed by atoms with E-state index in [-0.39, 0.29) is 0 Å². The Hall–Kier alpha value is -0.683. The molecular formula is C15H28OSi. The summed E-state index contributed by atoms with van der Waals surface area (Å²) in [6.07, 6.45) is 6.65. The number of allylic oxidation sites excluding steroid dienone is 1. The van der Waals surface area contributed by atoms with Gasteiger partial charge in [-0.1, -0.05) is 53.5 Å². The first-order valence-corrected chi connectivity index (χ1v) is 8.80. The van der Waals surface area contributed by atoms with Gasteiger partial charge in [-0.3, -0.25) is 0 Å². The van der Waals surface area contributed by atoms with Crippen molar-refractivity contribution in [3.63, 3.8) is 0 Å². The SMILES string of the molecule is C=CCCC#CO[Si](C(C)C)(C(C)C)C(C)C. The summed E-state index contributed by atoms with van der Waals surface area (Å²) in [5, 5.41) is 0. The van der Waals surface area contributed by atoms with Crippen LogP contribution in [-0.4, -0.2) is 8.32 Å². The molecule has 98 valence electrons. The number of hydrogen-bond acceptors (Lipinski definition) is 1. The monoisotopic (exact) mass is 252 g/mol. The van der Waals surface area contributed by atoms with Crippen molar-refractivity contribution in [1.82, 2.24) is 0 Å². The topological polar surface area (TPSA) is 9.23 Å². The average Bonchev–Trinajstić information content (AvgIpc) is 2.21. The van der Waals surface area contributed by atoms with Crippen molar-refractivity contribution in [3.8, 4) is 12.0 Å². The van der Waals surface area contributed by atoms with E-state index in [1.165, 1.54) is 0 Å². The number of rotatable bonds is 6. The van der Waals surface area contributed by atoms with E-state index < -0.39 is 8.32 Å². The van der Waals surface area contributed by atoms with Gasteiger partial charge in [0, 0.05) is 6.42 Å². The molecule has 0 N–H and O–H groups in total. The molecule has 0 aliphatic heterocycles. The first-order valence-electron chi connectivity index (χ1n) is 6.66. The molecule has 0 aromatic heterocycles. The Balaban J connectivity index is 4.79. The van der Waals surface area contributed by atoms with Gasteiger partial charge in [-0.2, -0.15) is 0 Å². The van der Waals surface area contributed by atoms with Crippen LogP contribution in [0, 0.1) is 12.0 Å². The maximum Gasteiger partial charge on any atom is 0.272 e. The average molecular weight is 252 g/mol. The van der Waals surface area contributed by atoms with Gasteiger partial charge >= 0.3 is 0 Å². The predicted molar refractivity (Wildman–Crippen MR) is 79.3 cm³/mol. The molecule has 0 aliphatic rings. The van der Waals surface area contributed by atoms with Crippen molar-refractivity contribution in [2.24, 2.45) is 0 Å². The summed E-state index contributed by atoms with van der Waals surface area (Å²) in [4.78, 5) is 0. The van der Waals surface area contributed by atoms with E-state index in [1.807, 2.05) is 6.08 Å². The lowest BCUT2D eigenvalue weighted by atomic mass is 10.3. The number of unbranched alkanes of at least 4 members (excludes halogenated alkanes) is 1. The minimum absolute atomic E-state index is 0.594. The Kier molecular flexibility index (Phi) is 7.30. The Labute approximate surface area is 109 Å². The van der Waals surface area contributed by atoms with Gasteiger partial charge in [0.15, 0.2) is 0 Å². The Bertz CT molecular complexity index is 259. The van der Waals surface area contributed by atoms with Gasteiger partial charge in [0.1, 0.15) is 0 Å². The van der Waals surface area contributed by atoms with E-state index in [2.05, 4.69) is 60.1 Å². The summed E-state index contributed by atoms with van der Waals surface area (Å²) >= 11 is 0. The van der Waals surface area contributed by atoms with E-state index in [0.717, 1.165) is 12.8 Å². The predicted octanol–water partition coefficient (Wildman–Crippen LogP) is 5.11. The molecule has 0 spiro atoms. The standard InChI is InChI=1S/C15H28OSi/c1-8-9-10-11-12-16-17(13(2)3,14(4)5)15(6)7/h8,13-15H,1,9-10H2,2-7H3. The molecule has 0 radical (unpaired) electrons. The van der Waals surface area contributed by atoms with Gasteiger partial charge in [-0.15, -0.1) is 6.58 Å². The van der Waals surface area contributed by atoms with Gasteiger partial charge in [-0.05, 0) is 23.0 Å². The van der Waals surface area contributed by atoms with Crippen LogP contribution in [0.1, 0.15) is 54.4 Å². The first kappa shape index (κ1) is 16.3. The van der Waals surface area contributed by atoms with Gasteiger partial charge in [0.25, 0.3) is 8.32 Å². The molecule has 17 heavy (non-hydrogen) atoms. The summed E-state index contributed by atoms with van der Waals surface area (Å²) in [5.41, 5.74) is 1.78. The maximum absolute atomic E-state index is 6.10. The summed E-state index contributed by atoms with van der Waals surface area (Å²) in [6.45, 7) is 17.3. The highest BCUT2D eigenvalue weighted by Crippen LogP contribution is 2.41. The normalized spacial score (nSPS) is 11.6. The fraction of sp³-hybridized carbons (Fsp3) is 0.733. The molecule has 0 unspecified atom stereocenters. The molecule has 1 nitrogen and oxygen atoms in total. The molecule has 0 rings (SSSR count). The molecule has 0 aromatic rings. The Morgan fingerprint density at radius 1 is 1.06 bits per heavy atom. The minimum atomic E-state index is -1.79. The Morgan fingerprint density at radius 3 is 1.88 bits per heavy atom. The lowest BCUT2D eigenvalue weighted by Gasteiger charge is -2.39. The van der Waals surface area contributed by atoms with Gasteiger partial charge < -0.3 is 4.43 Å². The van der Waals surface area contributed by atoms with E-state index in [1.54, 1.807) is 0 Å². The summed E-state index contributed by atoms with van der Waals surface area (Å²) in [5.74, 6) is 3.10. The zero-order valence-electron chi connectivity index (χ0n) is 12.3. The second kappa shape index (κ2) is 7.61. The molecule has 2 heteroatoms. The van der Waals surface area contributed by atoms with Crippen LogP contribution in [0.3, 0.4) is 0 Å². The summed E-state index contributed by atoms with van der Waals surface area (Å²) in [6, 6.07) is 0. The van der Waals surface area contributed by atoms with E-state index in [4.69, 9.17) is 4.43 Å². The summed E-state index contributed by atoms with van der Waals surface area (Å²) < 4.78 is 6.10. The van der Waals surface area contributed by atoms with Crippen LogP contribution < -0.4 is 0 Å². The molecule has 0 atom stereocenters. The van der Waals surface area contributed by atoms with E-state index >= 15 is 0 Å². The fourth-order valence-electron chi connectivity index (χ4n) is 2.70. The summed E-state index contributed by atoms with van der Waals surface area (Å²) in [7, 11) is -1.79. The third-order valence-electron chi connectivity index (χ3n) is 3.48. The van der Waals surface area contributed by atoms with Crippen molar-refractivity contribution < 1.29 is 4.43 Å². The van der Waals surface area contributed by atoms with Crippen molar-refractivity contribution in [3.05, 3.63) is 12.7 Å². The molecule has 0 aliphatic carbocycles. The molecule has 0 heterocycles. The second-order valence-corrected chi connectivity index (χ2v) is 10.9. The van der Waals surface area contributed by atoms with Crippen LogP contribution in [0.5, 0.6) is 0 Å². The van der Waals surface area contributed by atoms with Crippen LogP contribution in [0.25, 0.3) is 0 Å². The van der Waals surface area contributed by atoms with Gasteiger partial charge in [0.2, 0.25) is 0 Å². The highest BCUT2D eigenvalue weighted by atomic mass is 28.4. The van der Waals surface area contributed by atoms with Gasteiger partial charge in [0.05, 0.1) is 6.11 Å². The van der Waals surface area contributed by atoms with Gasteiger partial charge in [-0.25, -0.2) is 0 Å². The van der Waals surface area contributed by atoms with Crippen LogP contribution >= 0.6 is 0 Å². The third-order valence-corrected chi connectivity index (χ3v) is 9.35. The van der Waals surface area contributed by atoms with E-state index in [9.17, 15) is 0 Å². The molecule has 0 amide bonds. The maximum atomic E-state index is 6.10. The van der Waals surface area contributed by atoms with Crippen molar-refractivity contribution in [1.29, 1.82) is 0 Å². The van der Waals surface area contributed by atoms with Crippen molar-refractivity contribution >= 4 is 8.32 Å². The van der Waals surface area contributed by atoms with E-state index in [0.29, 0.717) is 16.6 Å². The van der Waals surface area contributed by atoms with Crippen LogP contribution in [0.2, 0.25) is 16.6 Å².